The van der Waals surface area contributed by atoms with E-state index in [0.717, 1.165) is 16.3 Å². The fourth-order valence-corrected chi connectivity index (χ4v) is 6.68. The van der Waals surface area contributed by atoms with Crippen LogP contribution < -0.4 is 15.6 Å². The Bertz CT molecular complexity index is 1950. The molecule has 1 heterocycles. The first-order valence-corrected chi connectivity index (χ1v) is 18.4. The molecule has 1 saturated carbocycles. The number of carbonyl (C=O) groups is 2. The van der Waals surface area contributed by atoms with Crippen LogP contribution in [0.4, 0.5) is 22.0 Å². The molecular weight excluding hydrogens is 721 g/mol. The first kappa shape index (κ1) is 43.0. The molecule has 0 unspecified atom stereocenters. The van der Waals surface area contributed by atoms with Crippen LogP contribution in [0.15, 0.2) is 60.6 Å². The van der Waals surface area contributed by atoms with E-state index >= 15 is 8.78 Å². The van der Waals surface area contributed by atoms with E-state index in [4.69, 9.17) is 9.47 Å². The number of likely N-dealkylation sites (N-methyl/N-ethyl adjacent to an activating group) is 1. The minimum absolute atomic E-state index is 0.0183. The minimum atomic E-state index is -4.84. The van der Waals surface area contributed by atoms with E-state index in [2.05, 4.69) is 18.5 Å². The number of alkyl halides is 3. The topological polar surface area (TPSA) is 89.9 Å². The van der Waals surface area contributed by atoms with Gasteiger partial charge in [0.25, 0.3) is 5.56 Å². The van der Waals surface area contributed by atoms with Gasteiger partial charge in [-0.15, -0.1) is 13.2 Å². The van der Waals surface area contributed by atoms with Crippen LogP contribution in [0.1, 0.15) is 96.8 Å². The maximum absolute atomic E-state index is 17.2. The highest BCUT2D eigenvalue weighted by Crippen LogP contribution is 2.47. The summed E-state index contributed by atoms with van der Waals surface area (Å²) in [5.74, 6) is -3.65. The number of aromatic nitrogens is 1. The molecule has 1 amide bonds. The number of carbonyl (C=O) groups excluding carboxylic acids is 2. The van der Waals surface area contributed by atoms with Crippen molar-refractivity contribution in [2.45, 2.75) is 89.9 Å². The van der Waals surface area contributed by atoms with E-state index in [1.807, 2.05) is 13.0 Å². The Hall–Kier alpha value is -4.78. The molecule has 0 radical (unpaired) electrons. The Morgan fingerprint density at radius 1 is 1.07 bits per heavy atom. The Balaban J connectivity index is 1.89. The molecule has 0 saturated heterocycles. The summed E-state index contributed by atoms with van der Waals surface area (Å²) < 4.78 is 88.2. The summed E-state index contributed by atoms with van der Waals surface area (Å²) in [4.78, 5) is 42.2. The van der Waals surface area contributed by atoms with Crippen LogP contribution in [0.2, 0.25) is 0 Å². The number of hydrogen-bond donors (Lipinski definition) is 1. The molecule has 3 aromatic rings. The van der Waals surface area contributed by atoms with Gasteiger partial charge >= 0.3 is 12.1 Å². The first-order chi connectivity index (χ1) is 26.0. The molecule has 1 aliphatic carbocycles. The fraction of sp³-hybridized carbons (Fsp3) is 0.452. The van der Waals surface area contributed by atoms with Gasteiger partial charge in [-0.25, -0.2) is 8.78 Å². The maximum atomic E-state index is 17.2. The number of benzene rings is 2. The molecule has 1 N–H and O–H groups in total. The van der Waals surface area contributed by atoms with Gasteiger partial charge in [-0.1, -0.05) is 18.2 Å². The number of pyridine rings is 1. The van der Waals surface area contributed by atoms with E-state index in [1.54, 1.807) is 45.0 Å². The minimum Gasteiger partial charge on any atom is -0.493 e. The fourth-order valence-electron chi connectivity index (χ4n) is 6.68. The number of nitrogens with zero attached hydrogens (tertiary/aromatic N) is 2. The third kappa shape index (κ3) is 10.7. The highest BCUT2D eigenvalue weighted by molar-refractivity contribution is 5.83. The molecule has 0 aliphatic heterocycles. The third-order valence-electron chi connectivity index (χ3n) is 9.47. The molecule has 0 spiro atoms. The van der Waals surface area contributed by atoms with Gasteiger partial charge in [-0.2, -0.15) is 13.2 Å². The zero-order chi connectivity index (χ0) is 40.6. The normalized spacial score (nSPS) is 14.0. The number of allylic oxidation sites excluding steroid dienone is 2. The molecule has 55 heavy (non-hydrogen) atoms. The summed E-state index contributed by atoms with van der Waals surface area (Å²) in [7, 11) is 3.36. The van der Waals surface area contributed by atoms with E-state index < -0.39 is 64.9 Å². The summed E-state index contributed by atoms with van der Waals surface area (Å²) in [5, 5.41) is 2.58. The number of halogens is 5. The predicted molar refractivity (Wildman–Crippen MR) is 202 cm³/mol. The van der Waals surface area contributed by atoms with Crippen LogP contribution in [0, 0.1) is 25.5 Å². The predicted octanol–water partition coefficient (Wildman–Crippen LogP) is 8.68. The first-order valence-electron chi connectivity index (χ1n) is 18.4. The second kappa shape index (κ2) is 18.7. The molecular formula is C42H50F5N3O5. The van der Waals surface area contributed by atoms with Crippen molar-refractivity contribution >= 4 is 11.9 Å². The van der Waals surface area contributed by atoms with E-state index in [9.17, 15) is 27.6 Å². The number of unbranched alkanes of at least 4 members (excludes halogenated alkanes) is 1. The van der Waals surface area contributed by atoms with Crippen molar-refractivity contribution in [1.82, 2.24) is 14.8 Å². The van der Waals surface area contributed by atoms with Crippen LogP contribution >= 0.6 is 0 Å². The van der Waals surface area contributed by atoms with Crippen molar-refractivity contribution < 1.29 is 41.0 Å². The van der Waals surface area contributed by atoms with Gasteiger partial charge in [0.05, 0.1) is 31.2 Å². The lowest BCUT2D eigenvalue weighted by Crippen LogP contribution is -2.40. The lowest BCUT2D eigenvalue weighted by atomic mass is 9.89. The highest BCUT2D eigenvalue weighted by atomic mass is 19.4. The quantitative estimate of drug-likeness (QED) is 0.0568. The number of hydrogen-bond acceptors (Lipinski definition) is 6. The Morgan fingerprint density at radius 3 is 2.38 bits per heavy atom. The van der Waals surface area contributed by atoms with Crippen molar-refractivity contribution in [2.75, 3.05) is 33.9 Å². The zero-order valence-corrected chi connectivity index (χ0v) is 32.1. The molecule has 1 aliphatic rings. The van der Waals surface area contributed by atoms with Gasteiger partial charge in [0, 0.05) is 35.5 Å². The summed E-state index contributed by atoms with van der Waals surface area (Å²) in [6.45, 7) is 13.1. The summed E-state index contributed by atoms with van der Waals surface area (Å²) in [5.41, 5.74) is -0.924. The number of amides is 1. The number of ether oxygens (including phenoxy) is 2. The van der Waals surface area contributed by atoms with Gasteiger partial charge in [0.2, 0.25) is 5.91 Å². The van der Waals surface area contributed by atoms with Crippen LogP contribution in [0.3, 0.4) is 0 Å². The lowest BCUT2D eigenvalue weighted by Gasteiger charge is -2.27. The van der Waals surface area contributed by atoms with Gasteiger partial charge < -0.3 is 24.3 Å². The lowest BCUT2D eigenvalue weighted by molar-refractivity contribution is -0.144. The van der Waals surface area contributed by atoms with Crippen LogP contribution in [-0.2, 0) is 26.9 Å². The van der Waals surface area contributed by atoms with Gasteiger partial charge in [0.1, 0.15) is 23.4 Å². The van der Waals surface area contributed by atoms with E-state index in [1.165, 1.54) is 12.1 Å². The standard InChI is InChI=1S/C42H50F5N3O5/c1-8-11-12-18-55-34-20-25(4)19-26(5)37(34)30-21-29(27-14-15-27)39(43)38(40(30)44)32(23-36(52)54-10-3)48-41(53)33(13-9-2)50-24-28(16-17-49(6)7)31(22-35(50)51)42(45,46)47/h8-9,19-22,24,27,32-33H,1-2,10-18,23H2,3-7H3,(H,48,53)/t32-,33-/m0/s1. The summed E-state index contributed by atoms with van der Waals surface area (Å²) in [6.07, 6.45) is 0.830. The molecule has 8 nitrogen and oxygen atoms in total. The monoisotopic (exact) mass is 771 g/mol. The molecule has 1 aromatic heterocycles. The average molecular weight is 772 g/mol. The largest absolute Gasteiger partial charge is 0.493 e. The summed E-state index contributed by atoms with van der Waals surface area (Å²) in [6, 6.07) is 2.38. The van der Waals surface area contributed by atoms with Crippen molar-refractivity contribution in [1.29, 1.82) is 0 Å². The van der Waals surface area contributed by atoms with E-state index in [0.29, 0.717) is 55.2 Å². The maximum Gasteiger partial charge on any atom is 0.416 e. The molecule has 1 fully saturated rings. The van der Waals surface area contributed by atoms with Crippen LogP contribution in [-0.4, -0.2) is 55.2 Å². The van der Waals surface area contributed by atoms with Crippen molar-refractivity contribution in [3.05, 3.63) is 111 Å². The second-order valence-electron chi connectivity index (χ2n) is 14.2. The van der Waals surface area contributed by atoms with Crippen molar-refractivity contribution in [3.8, 4) is 16.9 Å². The Labute approximate surface area is 319 Å². The van der Waals surface area contributed by atoms with E-state index in [-0.39, 0.29) is 48.6 Å². The molecule has 2 atom stereocenters. The smallest absolute Gasteiger partial charge is 0.416 e. The number of esters is 1. The Kier molecular flexibility index (Phi) is 14.6. The van der Waals surface area contributed by atoms with Gasteiger partial charge in [-0.05, 0) is 114 Å². The van der Waals surface area contributed by atoms with Crippen LogP contribution in [0.5, 0.6) is 5.75 Å². The SMILES string of the molecule is C=CCCCOc1cc(C)cc(C)c1-c1cc(C2CC2)c(F)c([C@H](CC(=O)OCC)NC(=O)[C@H](CC=C)n2cc(CCN(C)C)c(C(F)(F)F)cc2=O)c1F. The summed E-state index contributed by atoms with van der Waals surface area (Å²) >= 11 is 0. The number of aryl methyl sites for hydroxylation is 2. The van der Waals surface area contributed by atoms with Crippen molar-refractivity contribution in [3.63, 3.8) is 0 Å². The molecule has 298 valence electrons. The van der Waals surface area contributed by atoms with Gasteiger partial charge in [-0.3, -0.25) is 14.4 Å². The second-order valence-corrected chi connectivity index (χ2v) is 14.2. The molecule has 0 bridgehead atoms. The highest BCUT2D eigenvalue weighted by Gasteiger charge is 2.38. The number of nitrogens with one attached hydrogen (secondary N) is 1. The van der Waals surface area contributed by atoms with Crippen molar-refractivity contribution in [2.24, 2.45) is 0 Å². The van der Waals surface area contributed by atoms with Gasteiger partial charge in [0.15, 0.2) is 0 Å². The average Bonchev–Trinajstić information content (AvgIpc) is 3.94. The number of rotatable bonds is 19. The third-order valence-corrected chi connectivity index (χ3v) is 9.47. The molecule has 2 aromatic carbocycles. The zero-order valence-electron chi connectivity index (χ0n) is 32.1. The van der Waals surface area contributed by atoms with Crippen LogP contribution in [0.25, 0.3) is 11.1 Å². The Morgan fingerprint density at radius 2 is 1.78 bits per heavy atom. The molecule has 4 rings (SSSR count). The molecule has 13 heteroatoms.